The number of aryl methyl sites for hydroxylation is 1. The molecule has 3 heterocycles. The van der Waals surface area contributed by atoms with Crippen LogP contribution in [0.15, 0.2) is 23.0 Å². The van der Waals surface area contributed by atoms with E-state index in [9.17, 15) is 14.4 Å². The van der Waals surface area contributed by atoms with Gasteiger partial charge in [0.2, 0.25) is 0 Å². The predicted molar refractivity (Wildman–Crippen MR) is 111 cm³/mol. The maximum absolute atomic E-state index is 12.6. The minimum Gasteiger partial charge on any atom is -0.452 e. The number of esters is 1. The van der Waals surface area contributed by atoms with Crippen molar-refractivity contribution in [2.24, 2.45) is 11.8 Å². The molecule has 1 aliphatic carbocycles. The largest absolute Gasteiger partial charge is 0.452 e. The zero-order chi connectivity index (χ0) is 20.7. The number of benzene rings is 1. The van der Waals surface area contributed by atoms with E-state index in [4.69, 9.17) is 4.74 Å². The van der Waals surface area contributed by atoms with E-state index in [1.807, 2.05) is 4.90 Å². The number of nitrogens with zero attached hydrogens (tertiary/aromatic N) is 3. The quantitative estimate of drug-likeness (QED) is 0.728. The Bertz CT molecular complexity index is 1060. The van der Waals surface area contributed by atoms with Crippen molar-refractivity contribution >= 4 is 22.8 Å². The fourth-order valence-corrected chi connectivity index (χ4v) is 5.34. The number of likely N-dealkylation sites (tertiary alicyclic amines) is 1. The van der Waals surface area contributed by atoms with Crippen molar-refractivity contribution in [1.29, 1.82) is 0 Å². The third-order valence-electron chi connectivity index (χ3n) is 7.02. The lowest BCUT2D eigenvalue weighted by atomic mass is 9.75. The Hall–Kier alpha value is -2.70. The van der Waals surface area contributed by atoms with Crippen molar-refractivity contribution in [2.45, 2.75) is 51.5 Å². The standard InChI is InChI=1S/C23H27N3O4/c27-21(25-11-9-15-4-1-2-5-17(15)13-25)14-30-23(29)16-7-8-18-19(12-16)24-20-6-3-10-26(20)22(18)28/h7-8,12,15,17H,1-6,9-11,13-14H2/t15-,17+/m1/s1. The van der Waals surface area contributed by atoms with Crippen LogP contribution < -0.4 is 5.56 Å². The summed E-state index contributed by atoms with van der Waals surface area (Å²) in [6.45, 7) is 2.00. The molecule has 2 aliphatic heterocycles. The van der Waals surface area contributed by atoms with Gasteiger partial charge in [-0.15, -0.1) is 0 Å². The summed E-state index contributed by atoms with van der Waals surface area (Å²) in [5, 5.41) is 0.503. The number of carbonyl (C=O) groups excluding carboxylic acids is 2. The first kappa shape index (κ1) is 19.3. The van der Waals surface area contributed by atoms with Gasteiger partial charge in [-0.3, -0.25) is 14.2 Å². The number of fused-ring (bicyclic) bond motifs is 3. The van der Waals surface area contributed by atoms with Gasteiger partial charge in [0.15, 0.2) is 6.61 Å². The fraction of sp³-hybridized carbons (Fsp3) is 0.565. The molecule has 1 aromatic heterocycles. The van der Waals surface area contributed by atoms with Gasteiger partial charge in [0.25, 0.3) is 11.5 Å². The topological polar surface area (TPSA) is 81.5 Å². The molecule has 7 heteroatoms. The van der Waals surface area contributed by atoms with E-state index in [1.54, 1.807) is 22.8 Å². The summed E-state index contributed by atoms with van der Waals surface area (Å²) < 4.78 is 7.01. The van der Waals surface area contributed by atoms with E-state index in [2.05, 4.69) is 4.98 Å². The summed E-state index contributed by atoms with van der Waals surface area (Å²) >= 11 is 0. The van der Waals surface area contributed by atoms with Crippen LogP contribution in [0.25, 0.3) is 10.9 Å². The van der Waals surface area contributed by atoms with Crippen molar-refractivity contribution in [3.8, 4) is 0 Å². The Morgan fingerprint density at radius 2 is 1.90 bits per heavy atom. The lowest BCUT2D eigenvalue weighted by Gasteiger charge is -2.41. The Balaban J connectivity index is 1.24. The molecule has 0 bridgehead atoms. The maximum atomic E-state index is 12.6. The lowest BCUT2D eigenvalue weighted by Crippen LogP contribution is -2.46. The lowest BCUT2D eigenvalue weighted by molar-refractivity contribution is -0.137. The summed E-state index contributed by atoms with van der Waals surface area (Å²) in [5.41, 5.74) is 0.762. The monoisotopic (exact) mass is 409 g/mol. The first-order valence-corrected chi connectivity index (χ1v) is 11.1. The highest BCUT2D eigenvalue weighted by Gasteiger charge is 2.33. The summed E-state index contributed by atoms with van der Waals surface area (Å²) in [4.78, 5) is 44.1. The van der Waals surface area contributed by atoms with Gasteiger partial charge in [0.05, 0.1) is 16.5 Å². The van der Waals surface area contributed by atoms with Gasteiger partial charge in [-0.25, -0.2) is 9.78 Å². The van der Waals surface area contributed by atoms with Gasteiger partial charge >= 0.3 is 5.97 Å². The first-order chi connectivity index (χ1) is 14.6. The van der Waals surface area contributed by atoms with Crippen LogP contribution in [-0.2, 0) is 22.5 Å². The number of aromatic nitrogens is 2. The summed E-state index contributed by atoms with van der Waals surface area (Å²) in [6, 6.07) is 4.80. The molecule has 2 atom stereocenters. The Morgan fingerprint density at radius 3 is 2.77 bits per heavy atom. The molecule has 2 fully saturated rings. The second kappa shape index (κ2) is 7.85. The number of piperidine rings is 1. The average molecular weight is 409 g/mol. The van der Waals surface area contributed by atoms with Crippen molar-refractivity contribution in [1.82, 2.24) is 14.5 Å². The smallest absolute Gasteiger partial charge is 0.338 e. The molecule has 7 nitrogen and oxygen atoms in total. The molecular weight excluding hydrogens is 382 g/mol. The van der Waals surface area contributed by atoms with Crippen molar-refractivity contribution in [2.75, 3.05) is 19.7 Å². The second-order valence-corrected chi connectivity index (χ2v) is 8.83. The van der Waals surface area contributed by atoms with Crippen LogP contribution in [0.5, 0.6) is 0 Å². The molecule has 0 N–H and O–H groups in total. The van der Waals surface area contributed by atoms with Crippen LogP contribution in [0.1, 0.15) is 54.7 Å². The molecule has 5 rings (SSSR count). The van der Waals surface area contributed by atoms with Crippen LogP contribution in [0.2, 0.25) is 0 Å². The van der Waals surface area contributed by atoms with Crippen LogP contribution in [0.3, 0.4) is 0 Å². The van der Waals surface area contributed by atoms with Crippen molar-refractivity contribution < 1.29 is 14.3 Å². The zero-order valence-corrected chi connectivity index (χ0v) is 17.1. The van der Waals surface area contributed by atoms with E-state index in [0.29, 0.717) is 28.9 Å². The SMILES string of the molecule is O=C(OCC(=O)N1CC[C@H]2CCCC[C@H]2C1)c1ccc2c(=O)n3c(nc2c1)CCC3. The average Bonchev–Trinajstić information content (AvgIpc) is 3.25. The van der Waals surface area contributed by atoms with Gasteiger partial charge in [-0.2, -0.15) is 0 Å². The van der Waals surface area contributed by atoms with Crippen LogP contribution in [0, 0.1) is 11.8 Å². The van der Waals surface area contributed by atoms with Gasteiger partial charge < -0.3 is 9.64 Å². The highest BCUT2D eigenvalue weighted by molar-refractivity contribution is 5.95. The molecule has 158 valence electrons. The molecule has 2 aromatic rings. The molecule has 3 aliphatic rings. The van der Waals surface area contributed by atoms with E-state index >= 15 is 0 Å². The molecule has 1 aromatic carbocycles. The van der Waals surface area contributed by atoms with Gasteiger partial charge in [-0.05, 0) is 49.3 Å². The maximum Gasteiger partial charge on any atom is 0.338 e. The molecule has 1 saturated heterocycles. The molecule has 30 heavy (non-hydrogen) atoms. The molecule has 1 saturated carbocycles. The number of rotatable bonds is 3. The van der Waals surface area contributed by atoms with Crippen molar-refractivity contribution in [3.63, 3.8) is 0 Å². The fourth-order valence-electron chi connectivity index (χ4n) is 5.34. The Morgan fingerprint density at radius 1 is 1.07 bits per heavy atom. The molecule has 0 spiro atoms. The summed E-state index contributed by atoms with van der Waals surface area (Å²) in [6.07, 6.45) is 7.77. The molecular formula is C23H27N3O4. The third kappa shape index (κ3) is 3.50. The number of carbonyl (C=O) groups is 2. The Labute approximate surface area is 175 Å². The molecule has 1 amide bonds. The van der Waals surface area contributed by atoms with E-state index in [-0.39, 0.29) is 18.1 Å². The number of hydrogen-bond acceptors (Lipinski definition) is 5. The van der Waals surface area contributed by atoms with Gasteiger partial charge in [0, 0.05) is 26.1 Å². The summed E-state index contributed by atoms with van der Waals surface area (Å²) in [7, 11) is 0. The number of hydrogen-bond donors (Lipinski definition) is 0. The third-order valence-corrected chi connectivity index (χ3v) is 7.02. The van der Waals surface area contributed by atoms with Crippen molar-refractivity contribution in [3.05, 3.63) is 39.9 Å². The van der Waals surface area contributed by atoms with E-state index < -0.39 is 5.97 Å². The van der Waals surface area contributed by atoms with E-state index in [0.717, 1.165) is 44.1 Å². The minimum atomic E-state index is -0.555. The normalized spacial score (nSPS) is 23.1. The number of ether oxygens (including phenoxy) is 1. The first-order valence-electron chi connectivity index (χ1n) is 11.1. The van der Waals surface area contributed by atoms with Crippen LogP contribution in [0.4, 0.5) is 0 Å². The summed E-state index contributed by atoms with van der Waals surface area (Å²) in [5.74, 6) is 1.43. The molecule has 0 radical (unpaired) electrons. The van der Waals surface area contributed by atoms with Gasteiger partial charge in [-0.1, -0.05) is 19.3 Å². The minimum absolute atomic E-state index is 0.0614. The van der Waals surface area contributed by atoms with E-state index in [1.165, 1.54) is 25.7 Å². The van der Waals surface area contributed by atoms with Crippen LogP contribution >= 0.6 is 0 Å². The molecule has 0 unspecified atom stereocenters. The highest BCUT2D eigenvalue weighted by atomic mass is 16.5. The van der Waals surface area contributed by atoms with Crippen LogP contribution in [-0.4, -0.2) is 46.0 Å². The Kier molecular flexibility index (Phi) is 5.05. The highest BCUT2D eigenvalue weighted by Crippen LogP contribution is 2.36. The second-order valence-electron chi connectivity index (χ2n) is 8.83. The predicted octanol–water partition coefficient (Wildman–Crippen LogP) is 2.54. The number of amides is 1. The van der Waals surface area contributed by atoms with Gasteiger partial charge in [0.1, 0.15) is 5.82 Å². The zero-order valence-electron chi connectivity index (χ0n) is 17.1.